The molecule has 108 valence electrons. The zero-order chi connectivity index (χ0) is 14.2. The number of hydrogen-bond donors (Lipinski definition) is 2. The molecule has 1 aromatic carbocycles. The summed E-state index contributed by atoms with van der Waals surface area (Å²) in [6, 6.07) is 5.30. The molecule has 1 saturated heterocycles. The molecule has 5 nitrogen and oxygen atoms in total. The van der Waals surface area contributed by atoms with Gasteiger partial charge in [0.25, 0.3) is 0 Å². The van der Waals surface area contributed by atoms with Gasteiger partial charge < -0.3 is 14.8 Å². The highest BCUT2D eigenvalue weighted by atomic mass is 16.5. The minimum Gasteiger partial charge on any atom is -0.493 e. The molecule has 20 heavy (non-hydrogen) atoms. The predicted molar refractivity (Wildman–Crippen MR) is 74.8 cm³/mol. The molecular weight excluding hydrogens is 256 g/mol. The fraction of sp³-hybridized carbons (Fsp3) is 0.533. The average Bonchev–Trinajstić information content (AvgIpc) is 3.05. The van der Waals surface area contributed by atoms with E-state index in [4.69, 9.17) is 9.47 Å². The Morgan fingerprint density at radius 2 is 1.85 bits per heavy atom. The Bertz CT molecular complexity index is 524. The first-order valence-corrected chi connectivity index (χ1v) is 6.99. The third kappa shape index (κ3) is 2.12. The highest BCUT2D eigenvalue weighted by Gasteiger charge is 2.45. The Morgan fingerprint density at radius 1 is 1.15 bits per heavy atom. The summed E-state index contributed by atoms with van der Waals surface area (Å²) < 4.78 is 10.5. The van der Waals surface area contributed by atoms with E-state index in [-0.39, 0.29) is 17.6 Å². The minimum atomic E-state index is -0.312. The molecule has 5 heteroatoms. The van der Waals surface area contributed by atoms with Crippen molar-refractivity contribution >= 4 is 5.91 Å². The molecule has 2 aliphatic rings. The van der Waals surface area contributed by atoms with Crippen molar-refractivity contribution in [2.45, 2.75) is 37.4 Å². The first kappa shape index (κ1) is 13.2. The summed E-state index contributed by atoms with van der Waals surface area (Å²) in [5.74, 6) is 1.36. The maximum atomic E-state index is 12.2. The number of benzene rings is 1. The van der Waals surface area contributed by atoms with Gasteiger partial charge in [-0.3, -0.25) is 10.1 Å². The lowest BCUT2D eigenvalue weighted by molar-refractivity contribution is -0.121. The van der Waals surface area contributed by atoms with Gasteiger partial charge in [0.05, 0.1) is 19.9 Å². The van der Waals surface area contributed by atoms with Gasteiger partial charge in [-0.25, -0.2) is 0 Å². The molecule has 1 unspecified atom stereocenters. The Kier molecular flexibility index (Phi) is 3.30. The second-order valence-electron chi connectivity index (χ2n) is 5.47. The van der Waals surface area contributed by atoms with Crippen LogP contribution in [0.2, 0.25) is 0 Å². The van der Waals surface area contributed by atoms with E-state index in [1.807, 2.05) is 18.2 Å². The van der Waals surface area contributed by atoms with Crippen LogP contribution in [0, 0.1) is 0 Å². The lowest BCUT2D eigenvalue weighted by atomic mass is 10.1. The third-order valence-corrected chi connectivity index (χ3v) is 4.24. The standard InChI is InChI=1S/C15H20N2O3/c1-19-11-6-5-10(9-12(11)20-2)13-14(18)17-15(16-13)7-3-4-8-15/h5-6,9,13,16H,3-4,7-8H2,1-2H3,(H,17,18). The highest BCUT2D eigenvalue weighted by molar-refractivity contribution is 5.86. The smallest absolute Gasteiger partial charge is 0.243 e. The second kappa shape index (κ2) is 4.98. The fourth-order valence-electron chi connectivity index (χ4n) is 3.20. The molecule has 1 aromatic rings. The van der Waals surface area contributed by atoms with E-state index in [2.05, 4.69) is 10.6 Å². The van der Waals surface area contributed by atoms with E-state index in [0.29, 0.717) is 11.5 Å². The first-order chi connectivity index (χ1) is 9.67. The molecule has 0 bridgehead atoms. The van der Waals surface area contributed by atoms with Crippen molar-refractivity contribution in [2.24, 2.45) is 0 Å². The quantitative estimate of drug-likeness (QED) is 0.883. The number of methoxy groups -OCH3 is 2. The predicted octanol–water partition coefficient (Wildman–Crippen LogP) is 1.73. The van der Waals surface area contributed by atoms with Crippen LogP contribution in [-0.4, -0.2) is 25.8 Å². The van der Waals surface area contributed by atoms with Gasteiger partial charge in [-0.05, 0) is 43.4 Å². The van der Waals surface area contributed by atoms with Gasteiger partial charge in [-0.1, -0.05) is 6.07 Å². The summed E-state index contributed by atoms with van der Waals surface area (Å²) in [6.45, 7) is 0. The third-order valence-electron chi connectivity index (χ3n) is 4.24. The molecule has 1 amide bonds. The lowest BCUT2D eigenvalue weighted by Gasteiger charge is -2.23. The summed E-state index contributed by atoms with van der Waals surface area (Å²) in [7, 11) is 3.20. The zero-order valence-electron chi connectivity index (χ0n) is 11.9. The fourth-order valence-corrected chi connectivity index (χ4v) is 3.20. The van der Waals surface area contributed by atoms with E-state index in [1.165, 1.54) is 0 Å². The summed E-state index contributed by atoms with van der Waals surface area (Å²) in [6.07, 6.45) is 4.32. The molecule has 1 aliphatic heterocycles. The van der Waals surface area contributed by atoms with E-state index in [0.717, 1.165) is 31.2 Å². The molecule has 1 heterocycles. The number of rotatable bonds is 3. The van der Waals surface area contributed by atoms with Crippen molar-refractivity contribution in [3.05, 3.63) is 23.8 Å². The zero-order valence-corrected chi connectivity index (χ0v) is 11.9. The van der Waals surface area contributed by atoms with Crippen LogP contribution < -0.4 is 20.1 Å². The van der Waals surface area contributed by atoms with Crippen molar-refractivity contribution in [1.82, 2.24) is 10.6 Å². The van der Waals surface area contributed by atoms with Crippen LogP contribution in [0.5, 0.6) is 11.5 Å². The molecule has 2 fully saturated rings. The Hall–Kier alpha value is -1.75. The van der Waals surface area contributed by atoms with Crippen molar-refractivity contribution < 1.29 is 14.3 Å². The van der Waals surface area contributed by atoms with Crippen molar-refractivity contribution in [3.63, 3.8) is 0 Å². The Labute approximate surface area is 118 Å². The summed E-state index contributed by atoms with van der Waals surface area (Å²) in [5, 5.41) is 6.59. The van der Waals surface area contributed by atoms with E-state index in [1.54, 1.807) is 14.2 Å². The molecule has 3 rings (SSSR count). The van der Waals surface area contributed by atoms with Crippen LogP contribution in [0.15, 0.2) is 18.2 Å². The monoisotopic (exact) mass is 276 g/mol. The normalized spacial score (nSPS) is 23.9. The molecule has 2 N–H and O–H groups in total. The number of nitrogens with one attached hydrogen (secondary N) is 2. The number of carbonyl (C=O) groups excluding carboxylic acids is 1. The van der Waals surface area contributed by atoms with Crippen LogP contribution in [0.1, 0.15) is 37.3 Å². The minimum absolute atomic E-state index is 0.0409. The maximum absolute atomic E-state index is 12.2. The van der Waals surface area contributed by atoms with Gasteiger partial charge in [-0.15, -0.1) is 0 Å². The Morgan fingerprint density at radius 3 is 2.50 bits per heavy atom. The van der Waals surface area contributed by atoms with E-state index < -0.39 is 0 Å². The topological polar surface area (TPSA) is 59.6 Å². The van der Waals surface area contributed by atoms with Crippen molar-refractivity contribution in [2.75, 3.05) is 14.2 Å². The Balaban J connectivity index is 1.87. The molecule has 1 saturated carbocycles. The lowest BCUT2D eigenvalue weighted by Crippen LogP contribution is -2.46. The number of ether oxygens (including phenoxy) is 2. The maximum Gasteiger partial charge on any atom is 0.243 e. The van der Waals surface area contributed by atoms with Crippen LogP contribution in [0.25, 0.3) is 0 Å². The van der Waals surface area contributed by atoms with Crippen LogP contribution in [0.4, 0.5) is 0 Å². The highest BCUT2D eigenvalue weighted by Crippen LogP contribution is 2.37. The van der Waals surface area contributed by atoms with Gasteiger partial charge in [-0.2, -0.15) is 0 Å². The van der Waals surface area contributed by atoms with Gasteiger partial charge in [0, 0.05) is 0 Å². The van der Waals surface area contributed by atoms with Gasteiger partial charge in [0.2, 0.25) is 5.91 Å². The summed E-state index contributed by atoms with van der Waals surface area (Å²) >= 11 is 0. The summed E-state index contributed by atoms with van der Waals surface area (Å²) in [5.41, 5.74) is 0.707. The number of amides is 1. The molecule has 0 aromatic heterocycles. The van der Waals surface area contributed by atoms with E-state index >= 15 is 0 Å². The van der Waals surface area contributed by atoms with Gasteiger partial charge in [0.1, 0.15) is 6.04 Å². The largest absolute Gasteiger partial charge is 0.493 e. The number of carbonyl (C=O) groups is 1. The molecule has 0 radical (unpaired) electrons. The number of hydrogen-bond acceptors (Lipinski definition) is 4. The molecular formula is C15H20N2O3. The van der Waals surface area contributed by atoms with Gasteiger partial charge in [0.15, 0.2) is 11.5 Å². The molecule has 1 spiro atoms. The van der Waals surface area contributed by atoms with Crippen molar-refractivity contribution in [1.29, 1.82) is 0 Å². The van der Waals surface area contributed by atoms with Crippen LogP contribution in [0.3, 0.4) is 0 Å². The first-order valence-electron chi connectivity index (χ1n) is 6.99. The average molecular weight is 276 g/mol. The van der Waals surface area contributed by atoms with Gasteiger partial charge >= 0.3 is 0 Å². The van der Waals surface area contributed by atoms with E-state index in [9.17, 15) is 4.79 Å². The van der Waals surface area contributed by atoms with Crippen LogP contribution >= 0.6 is 0 Å². The SMILES string of the molecule is COc1ccc(C2NC3(CCCC3)NC2=O)cc1OC. The molecule has 1 aliphatic carbocycles. The summed E-state index contributed by atoms with van der Waals surface area (Å²) in [4.78, 5) is 12.2. The molecule has 1 atom stereocenters. The van der Waals surface area contributed by atoms with Crippen molar-refractivity contribution in [3.8, 4) is 11.5 Å². The second-order valence-corrected chi connectivity index (χ2v) is 5.47. The van der Waals surface area contributed by atoms with Crippen LogP contribution in [-0.2, 0) is 4.79 Å².